The molecule has 0 fully saturated rings. The topological polar surface area (TPSA) is 89.8 Å². The van der Waals surface area contributed by atoms with Gasteiger partial charge in [-0.25, -0.2) is 4.79 Å². The molecule has 0 saturated carbocycles. The van der Waals surface area contributed by atoms with Crippen LogP contribution >= 0.6 is 0 Å². The Labute approximate surface area is 58.3 Å². The third-order valence-electron chi connectivity index (χ3n) is 1.03. The Balaban J connectivity index is 3.49. The molecule has 0 aliphatic heterocycles. The zero-order chi connectivity index (χ0) is 7.98. The van der Waals surface area contributed by atoms with Crippen LogP contribution in [0.1, 0.15) is 6.42 Å². The van der Waals surface area contributed by atoms with Crippen molar-refractivity contribution in [2.45, 2.75) is 12.5 Å². The minimum Gasteiger partial charge on any atom is -0.465 e. The lowest BCUT2D eigenvalue weighted by atomic mass is 10.2. The van der Waals surface area contributed by atoms with E-state index < -0.39 is 12.1 Å². The highest BCUT2D eigenvalue weighted by atomic mass is 16.4. The molecule has 5 nitrogen and oxygen atoms in total. The van der Waals surface area contributed by atoms with Gasteiger partial charge < -0.3 is 20.6 Å². The van der Waals surface area contributed by atoms with Gasteiger partial charge >= 0.3 is 6.09 Å². The molecule has 0 aliphatic carbocycles. The summed E-state index contributed by atoms with van der Waals surface area (Å²) in [5.74, 6) is 0. The van der Waals surface area contributed by atoms with E-state index in [0.717, 1.165) is 0 Å². The lowest BCUT2D eigenvalue weighted by Gasteiger charge is -2.11. The van der Waals surface area contributed by atoms with E-state index in [0.29, 0.717) is 0 Å². The van der Waals surface area contributed by atoms with Crippen molar-refractivity contribution in [1.29, 1.82) is 0 Å². The summed E-state index contributed by atoms with van der Waals surface area (Å²) in [5, 5.41) is 27.0. The zero-order valence-corrected chi connectivity index (χ0v) is 5.45. The molecule has 5 heteroatoms. The number of hydrogen-bond acceptors (Lipinski definition) is 3. The van der Waals surface area contributed by atoms with Crippen LogP contribution in [0.4, 0.5) is 4.79 Å². The average Bonchev–Trinajstić information content (AvgIpc) is 1.86. The van der Waals surface area contributed by atoms with Gasteiger partial charge in [0.25, 0.3) is 0 Å². The van der Waals surface area contributed by atoms with Crippen LogP contribution in [0.3, 0.4) is 0 Å². The molecule has 0 heterocycles. The molecule has 1 atom stereocenters. The SMILES string of the molecule is O=C(O)N[C@@H](CO)CCO. The number of amides is 1. The summed E-state index contributed by atoms with van der Waals surface area (Å²) in [7, 11) is 0. The van der Waals surface area contributed by atoms with Gasteiger partial charge in [0, 0.05) is 6.61 Å². The van der Waals surface area contributed by atoms with Crippen LogP contribution in [0.25, 0.3) is 0 Å². The van der Waals surface area contributed by atoms with E-state index in [1.165, 1.54) is 0 Å². The van der Waals surface area contributed by atoms with Gasteiger partial charge in [-0.3, -0.25) is 0 Å². The molecule has 0 radical (unpaired) electrons. The van der Waals surface area contributed by atoms with Gasteiger partial charge in [-0.2, -0.15) is 0 Å². The number of aliphatic hydroxyl groups is 2. The summed E-state index contributed by atoms with van der Waals surface area (Å²) in [6.07, 6.45) is -0.949. The van der Waals surface area contributed by atoms with Crippen LogP contribution in [-0.2, 0) is 0 Å². The van der Waals surface area contributed by atoms with Crippen LogP contribution in [0.2, 0.25) is 0 Å². The van der Waals surface area contributed by atoms with Gasteiger partial charge in [0.2, 0.25) is 0 Å². The van der Waals surface area contributed by atoms with Crippen molar-refractivity contribution in [3.05, 3.63) is 0 Å². The molecule has 0 aromatic carbocycles. The predicted molar refractivity (Wildman–Crippen MR) is 33.7 cm³/mol. The summed E-state index contributed by atoms with van der Waals surface area (Å²) >= 11 is 0. The Morgan fingerprint density at radius 3 is 2.40 bits per heavy atom. The average molecular weight is 149 g/mol. The molecule has 0 aliphatic rings. The lowest BCUT2D eigenvalue weighted by molar-refractivity contribution is 0.166. The number of carbonyl (C=O) groups is 1. The fourth-order valence-electron chi connectivity index (χ4n) is 0.540. The van der Waals surface area contributed by atoms with Crippen molar-refractivity contribution < 1.29 is 20.1 Å². The summed E-state index contributed by atoms with van der Waals surface area (Å²) in [6.45, 7) is -0.418. The summed E-state index contributed by atoms with van der Waals surface area (Å²) in [5.41, 5.74) is 0. The molecule has 0 rings (SSSR count). The lowest BCUT2D eigenvalue weighted by Crippen LogP contribution is -2.37. The fourth-order valence-corrected chi connectivity index (χ4v) is 0.540. The highest BCUT2D eigenvalue weighted by molar-refractivity contribution is 5.64. The Hall–Kier alpha value is -0.810. The van der Waals surface area contributed by atoms with Crippen molar-refractivity contribution >= 4 is 6.09 Å². The van der Waals surface area contributed by atoms with E-state index in [9.17, 15) is 4.79 Å². The van der Waals surface area contributed by atoms with Crippen LogP contribution in [0.15, 0.2) is 0 Å². The van der Waals surface area contributed by atoms with Crippen LogP contribution in [0.5, 0.6) is 0 Å². The first-order valence-electron chi connectivity index (χ1n) is 2.92. The summed E-state index contributed by atoms with van der Waals surface area (Å²) in [4.78, 5) is 9.94. The molecule has 0 spiro atoms. The van der Waals surface area contributed by atoms with Crippen molar-refractivity contribution in [1.82, 2.24) is 5.32 Å². The van der Waals surface area contributed by atoms with Gasteiger partial charge in [-0.1, -0.05) is 0 Å². The molecule has 1 amide bonds. The van der Waals surface area contributed by atoms with E-state index in [1.54, 1.807) is 0 Å². The highest BCUT2D eigenvalue weighted by Crippen LogP contribution is 1.87. The first-order valence-corrected chi connectivity index (χ1v) is 2.92. The second-order valence-corrected chi connectivity index (χ2v) is 1.84. The van der Waals surface area contributed by atoms with Gasteiger partial charge in [-0.05, 0) is 6.42 Å². The van der Waals surface area contributed by atoms with Crippen molar-refractivity contribution in [3.8, 4) is 0 Å². The van der Waals surface area contributed by atoms with Gasteiger partial charge in [0.1, 0.15) is 0 Å². The molecule has 60 valence electrons. The predicted octanol–water partition coefficient (Wildman–Crippen LogP) is -1.00. The number of nitrogens with one attached hydrogen (secondary N) is 1. The third kappa shape index (κ3) is 4.11. The number of aliphatic hydroxyl groups excluding tert-OH is 2. The first-order chi connectivity index (χ1) is 4.70. The largest absolute Gasteiger partial charge is 0.465 e. The summed E-state index contributed by atoms with van der Waals surface area (Å²) < 4.78 is 0. The second-order valence-electron chi connectivity index (χ2n) is 1.84. The Morgan fingerprint density at radius 2 is 2.10 bits per heavy atom. The van der Waals surface area contributed by atoms with Crippen molar-refractivity contribution in [2.75, 3.05) is 13.2 Å². The minimum atomic E-state index is -1.19. The number of carboxylic acid groups (broad SMARTS) is 1. The van der Waals surface area contributed by atoms with E-state index >= 15 is 0 Å². The van der Waals surface area contributed by atoms with Gasteiger partial charge in [0.15, 0.2) is 0 Å². The number of rotatable bonds is 4. The van der Waals surface area contributed by atoms with Crippen LogP contribution in [0, 0.1) is 0 Å². The Bertz CT molecular complexity index is 106. The van der Waals surface area contributed by atoms with E-state index in [2.05, 4.69) is 0 Å². The third-order valence-corrected chi connectivity index (χ3v) is 1.03. The Kier molecular flexibility index (Phi) is 4.61. The van der Waals surface area contributed by atoms with Gasteiger partial charge in [-0.15, -0.1) is 0 Å². The van der Waals surface area contributed by atoms with Crippen LogP contribution < -0.4 is 5.32 Å². The van der Waals surface area contributed by atoms with Crippen molar-refractivity contribution in [3.63, 3.8) is 0 Å². The quantitative estimate of drug-likeness (QED) is 0.412. The fraction of sp³-hybridized carbons (Fsp3) is 0.800. The van der Waals surface area contributed by atoms with Crippen molar-refractivity contribution in [2.24, 2.45) is 0 Å². The molecule has 0 bridgehead atoms. The smallest absolute Gasteiger partial charge is 0.404 e. The maximum absolute atomic E-state index is 9.94. The summed E-state index contributed by atoms with van der Waals surface area (Å²) in [6, 6.07) is -0.553. The molecule has 0 aromatic heterocycles. The Morgan fingerprint density at radius 1 is 1.50 bits per heavy atom. The maximum atomic E-state index is 9.94. The second kappa shape index (κ2) is 5.01. The van der Waals surface area contributed by atoms with Gasteiger partial charge in [0.05, 0.1) is 12.6 Å². The van der Waals surface area contributed by atoms with E-state index in [4.69, 9.17) is 15.3 Å². The highest BCUT2D eigenvalue weighted by Gasteiger charge is 2.07. The molecular formula is C5H11NO4. The van der Waals surface area contributed by atoms with E-state index in [-0.39, 0.29) is 19.6 Å². The molecule has 0 aromatic rings. The van der Waals surface area contributed by atoms with E-state index in [1.807, 2.05) is 5.32 Å². The minimum absolute atomic E-state index is 0.133. The first kappa shape index (κ1) is 9.19. The molecule has 4 N–H and O–H groups in total. The van der Waals surface area contributed by atoms with Crippen LogP contribution in [-0.4, -0.2) is 40.7 Å². The normalized spacial score (nSPS) is 12.6. The standard InChI is InChI=1S/C5H11NO4/c7-2-1-4(3-8)6-5(9)10/h4,6-8H,1-3H2,(H,9,10)/t4-/m1/s1. The molecule has 10 heavy (non-hydrogen) atoms. The monoisotopic (exact) mass is 149 g/mol. The molecular weight excluding hydrogens is 138 g/mol. The maximum Gasteiger partial charge on any atom is 0.404 e. The zero-order valence-electron chi connectivity index (χ0n) is 5.45. The number of hydrogen-bond donors (Lipinski definition) is 4. The molecule has 0 saturated heterocycles. The molecule has 0 unspecified atom stereocenters.